The molecule has 1 aromatic rings. The van der Waals surface area contributed by atoms with Gasteiger partial charge in [0, 0.05) is 14.2 Å². The summed E-state index contributed by atoms with van der Waals surface area (Å²) in [5.74, 6) is 0.827. The Balaban J connectivity index is 2.10. The summed E-state index contributed by atoms with van der Waals surface area (Å²) < 4.78 is 7.26. The highest BCUT2D eigenvalue weighted by Gasteiger charge is 2.43. The first-order valence-corrected chi connectivity index (χ1v) is 6.80. The molecule has 19 heavy (non-hydrogen) atoms. The smallest absolute Gasteiger partial charge is 0.172 e. The van der Waals surface area contributed by atoms with E-state index in [2.05, 4.69) is 23.9 Å². The van der Waals surface area contributed by atoms with E-state index in [-0.39, 0.29) is 5.78 Å². The SMILES string of the molecule is COC1(C(=O)Cc2ncnn2C)CCC(C)(C)CC1. The standard InChI is InChI=1S/C14H23N3O2/c1-13(2)5-7-14(19-4,8-6-13)11(18)9-12-15-10-16-17(12)3/h10H,5-9H2,1-4H3. The van der Waals surface area contributed by atoms with Crippen molar-refractivity contribution in [1.82, 2.24) is 14.8 Å². The van der Waals surface area contributed by atoms with E-state index in [0.717, 1.165) is 25.7 Å². The van der Waals surface area contributed by atoms with Crippen molar-refractivity contribution in [2.24, 2.45) is 12.5 Å². The van der Waals surface area contributed by atoms with Gasteiger partial charge in [0.1, 0.15) is 17.8 Å². The first-order chi connectivity index (χ1) is 8.88. The molecule has 1 heterocycles. The average molecular weight is 265 g/mol. The number of hydrogen-bond acceptors (Lipinski definition) is 4. The van der Waals surface area contributed by atoms with Crippen LogP contribution in [0.4, 0.5) is 0 Å². The van der Waals surface area contributed by atoms with Crippen LogP contribution in [0.5, 0.6) is 0 Å². The van der Waals surface area contributed by atoms with Crippen molar-refractivity contribution in [2.45, 2.75) is 51.6 Å². The van der Waals surface area contributed by atoms with Crippen LogP contribution in [-0.2, 0) is 23.0 Å². The van der Waals surface area contributed by atoms with Crippen molar-refractivity contribution in [2.75, 3.05) is 7.11 Å². The number of carbonyl (C=O) groups is 1. The minimum absolute atomic E-state index is 0.126. The zero-order valence-corrected chi connectivity index (χ0v) is 12.3. The third-order valence-corrected chi connectivity index (χ3v) is 4.43. The molecule has 1 saturated carbocycles. The number of aromatic nitrogens is 3. The van der Waals surface area contributed by atoms with Crippen molar-refractivity contribution in [1.29, 1.82) is 0 Å². The average Bonchev–Trinajstić information content (AvgIpc) is 2.76. The molecular weight excluding hydrogens is 242 g/mol. The maximum absolute atomic E-state index is 12.6. The molecule has 1 aromatic heterocycles. The van der Waals surface area contributed by atoms with Gasteiger partial charge in [-0.1, -0.05) is 13.8 Å². The number of rotatable bonds is 4. The monoisotopic (exact) mass is 265 g/mol. The largest absolute Gasteiger partial charge is 0.370 e. The molecule has 0 aromatic carbocycles. The predicted molar refractivity (Wildman–Crippen MR) is 71.7 cm³/mol. The second-order valence-corrected chi connectivity index (χ2v) is 6.26. The molecule has 1 aliphatic carbocycles. The molecule has 5 nitrogen and oxygen atoms in total. The van der Waals surface area contributed by atoms with Crippen molar-refractivity contribution in [3.63, 3.8) is 0 Å². The van der Waals surface area contributed by atoms with E-state index >= 15 is 0 Å². The molecule has 1 fully saturated rings. The minimum atomic E-state index is -0.624. The van der Waals surface area contributed by atoms with Gasteiger partial charge < -0.3 is 4.74 Å². The molecule has 0 radical (unpaired) electrons. The third-order valence-electron chi connectivity index (χ3n) is 4.43. The highest BCUT2D eigenvalue weighted by Crippen LogP contribution is 2.42. The van der Waals surface area contributed by atoms with Crippen LogP contribution in [0.2, 0.25) is 0 Å². The lowest BCUT2D eigenvalue weighted by molar-refractivity contribution is -0.147. The Hall–Kier alpha value is -1.23. The lowest BCUT2D eigenvalue weighted by Gasteiger charge is -2.41. The zero-order chi connectivity index (χ0) is 14.1. The Bertz CT molecular complexity index is 455. The molecule has 0 atom stereocenters. The van der Waals surface area contributed by atoms with E-state index in [0.29, 0.717) is 17.7 Å². The highest BCUT2D eigenvalue weighted by atomic mass is 16.5. The molecule has 0 amide bonds. The maximum atomic E-state index is 12.6. The number of ketones is 1. The highest BCUT2D eigenvalue weighted by molar-refractivity contribution is 5.88. The summed E-state index contributed by atoms with van der Waals surface area (Å²) >= 11 is 0. The summed E-state index contributed by atoms with van der Waals surface area (Å²) in [6.07, 6.45) is 5.41. The molecule has 0 unspecified atom stereocenters. The van der Waals surface area contributed by atoms with Crippen LogP contribution in [0.1, 0.15) is 45.4 Å². The molecule has 0 N–H and O–H groups in total. The van der Waals surface area contributed by atoms with Crippen LogP contribution in [0.3, 0.4) is 0 Å². The van der Waals surface area contributed by atoms with Crippen LogP contribution in [0.25, 0.3) is 0 Å². The van der Waals surface area contributed by atoms with Crippen LogP contribution in [-0.4, -0.2) is 33.3 Å². The predicted octanol–water partition coefficient (Wildman–Crippen LogP) is 1.91. The maximum Gasteiger partial charge on any atom is 0.172 e. The zero-order valence-electron chi connectivity index (χ0n) is 12.3. The number of Topliss-reactive ketones (excluding diaryl/α,β-unsaturated/α-hetero) is 1. The Morgan fingerprint density at radius 3 is 2.47 bits per heavy atom. The van der Waals surface area contributed by atoms with Gasteiger partial charge in [0.25, 0.3) is 0 Å². The Morgan fingerprint density at radius 1 is 1.37 bits per heavy atom. The van der Waals surface area contributed by atoms with Crippen LogP contribution >= 0.6 is 0 Å². The van der Waals surface area contributed by atoms with Gasteiger partial charge in [0.15, 0.2) is 5.78 Å². The Morgan fingerprint density at radius 2 is 2.00 bits per heavy atom. The number of methoxy groups -OCH3 is 1. The van der Waals surface area contributed by atoms with Crippen molar-refractivity contribution < 1.29 is 9.53 Å². The van der Waals surface area contributed by atoms with Crippen LogP contribution < -0.4 is 0 Å². The van der Waals surface area contributed by atoms with E-state index in [9.17, 15) is 4.79 Å². The lowest BCUT2D eigenvalue weighted by Crippen LogP contribution is -2.46. The fourth-order valence-corrected chi connectivity index (χ4v) is 2.71. The van der Waals surface area contributed by atoms with Crippen LogP contribution in [0, 0.1) is 5.41 Å². The van der Waals surface area contributed by atoms with E-state index in [1.54, 1.807) is 18.8 Å². The molecule has 0 spiro atoms. The lowest BCUT2D eigenvalue weighted by atomic mass is 9.69. The normalized spacial score (nSPS) is 21.3. The Labute approximate surface area is 114 Å². The van der Waals surface area contributed by atoms with Gasteiger partial charge in [-0.05, 0) is 31.1 Å². The van der Waals surface area contributed by atoms with Gasteiger partial charge in [-0.2, -0.15) is 5.10 Å². The fourth-order valence-electron chi connectivity index (χ4n) is 2.71. The van der Waals surface area contributed by atoms with Gasteiger partial charge in [-0.15, -0.1) is 0 Å². The van der Waals surface area contributed by atoms with E-state index < -0.39 is 5.60 Å². The third kappa shape index (κ3) is 2.86. The quantitative estimate of drug-likeness (QED) is 0.834. The number of ether oxygens (including phenoxy) is 1. The second-order valence-electron chi connectivity index (χ2n) is 6.26. The Kier molecular flexibility index (Phi) is 3.76. The molecule has 2 rings (SSSR count). The summed E-state index contributed by atoms with van der Waals surface area (Å²) in [4.78, 5) is 16.7. The topological polar surface area (TPSA) is 57.0 Å². The number of nitrogens with zero attached hydrogens (tertiary/aromatic N) is 3. The molecule has 1 aliphatic rings. The van der Waals surface area contributed by atoms with Gasteiger partial charge in [-0.3, -0.25) is 9.48 Å². The summed E-state index contributed by atoms with van der Waals surface area (Å²) in [6.45, 7) is 4.50. The summed E-state index contributed by atoms with van der Waals surface area (Å²) in [5.41, 5.74) is -0.311. The molecule has 5 heteroatoms. The summed E-state index contributed by atoms with van der Waals surface area (Å²) in [5, 5.41) is 4.00. The van der Waals surface area contributed by atoms with E-state index in [1.165, 1.54) is 6.33 Å². The number of aryl methyl sites for hydroxylation is 1. The molecule has 106 valence electrons. The summed E-state index contributed by atoms with van der Waals surface area (Å²) in [7, 11) is 3.45. The van der Waals surface area contributed by atoms with E-state index in [1.807, 2.05) is 0 Å². The molecule has 0 bridgehead atoms. The first-order valence-electron chi connectivity index (χ1n) is 6.80. The number of carbonyl (C=O) groups excluding carboxylic acids is 1. The molecule has 0 aliphatic heterocycles. The summed E-state index contributed by atoms with van der Waals surface area (Å²) in [6, 6.07) is 0. The molecule has 0 saturated heterocycles. The van der Waals surface area contributed by atoms with Crippen LogP contribution in [0.15, 0.2) is 6.33 Å². The fraction of sp³-hybridized carbons (Fsp3) is 0.786. The van der Waals surface area contributed by atoms with Gasteiger partial charge in [0.2, 0.25) is 0 Å². The van der Waals surface area contributed by atoms with Gasteiger partial charge in [0.05, 0.1) is 6.42 Å². The minimum Gasteiger partial charge on any atom is -0.370 e. The van der Waals surface area contributed by atoms with Gasteiger partial charge >= 0.3 is 0 Å². The number of hydrogen-bond donors (Lipinski definition) is 0. The van der Waals surface area contributed by atoms with Crippen molar-refractivity contribution >= 4 is 5.78 Å². The van der Waals surface area contributed by atoms with Crippen molar-refractivity contribution in [3.8, 4) is 0 Å². The molecular formula is C14H23N3O2. The first kappa shape index (κ1) is 14.2. The van der Waals surface area contributed by atoms with Gasteiger partial charge in [-0.25, -0.2) is 4.98 Å². The van der Waals surface area contributed by atoms with Crippen molar-refractivity contribution in [3.05, 3.63) is 12.2 Å². The van der Waals surface area contributed by atoms with E-state index in [4.69, 9.17) is 4.74 Å². The second kappa shape index (κ2) is 5.04.